The van der Waals surface area contributed by atoms with E-state index in [4.69, 9.17) is 30.2 Å². The van der Waals surface area contributed by atoms with Gasteiger partial charge in [0, 0.05) is 35.1 Å². The number of hydrogen-bond donors (Lipinski definition) is 0. The number of carbonyl (C=O) groups is 1. The van der Waals surface area contributed by atoms with Gasteiger partial charge in [-0.2, -0.15) is 9.78 Å². The predicted octanol–water partition coefficient (Wildman–Crippen LogP) is 4.50. The number of fused-ring (bicyclic) bond motifs is 2. The summed E-state index contributed by atoms with van der Waals surface area (Å²) < 4.78 is 23.3. The first-order chi connectivity index (χ1) is 21.3. The Kier molecular flexibility index (Phi) is 7.96. The van der Waals surface area contributed by atoms with Crippen molar-refractivity contribution in [1.82, 2.24) is 14.6 Å². The zero-order valence-corrected chi connectivity index (χ0v) is 24.0. The molecular formula is C30H24ClN5O8. The maximum atomic E-state index is 13.6. The lowest BCUT2D eigenvalue weighted by molar-refractivity contribution is -0.385. The van der Waals surface area contributed by atoms with Crippen molar-refractivity contribution in [2.24, 2.45) is 5.10 Å². The minimum atomic E-state index is -0.650. The molecule has 5 aromatic rings. The molecule has 0 N–H and O–H groups in total. The summed E-state index contributed by atoms with van der Waals surface area (Å²) in [6, 6.07) is 16.3. The predicted molar refractivity (Wildman–Crippen MR) is 162 cm³/mol. The Hall–Kier alpha value is -5.27. The number of halogens is 1. The maximum absolute atomic E-state index is 13.6. The second-order valence-corrected chi connectivity index (χ2v) is 10.2. The Morgan fingerprint density at radius 2 is 1.95 bits per heavy atom. The molecule has 14 heteroatoms. The molecule has 1 saturated heterocycles. The van der Waals surface area contributed by atoms with E-state index in [1.165, 1.54) is 25.5 Å². The lowest BCUT2D eigenvalue weighted by atomic mass is 10.2. The van der Waals surface area contributed by atoms with Gasteiger partial charge >= 0.3 is 5.69 Å². The number of methoxy groups -OCH3 is 1. The molecule has 0 atom stereocenters. The van der Waals surface area contributed by atoms with E-state index in [0.29, 0.717) is 53.2 Å². The fourth-order valence-electron chi connectivity index (χ4n) is 4.79. The number of hydrogen-bond acceptors (Lipinski definition) is 10. The molecule has 0 aliphatic carbocycles. The molecule has 3 aromatic carbocycles. The van der Waals surface area contributed by atoms with Crippen molar-refractivity contribution in [2.45, 2.75) is 0 Å². The summed E-state index contributed by atoms with van der Waals surface area (Å²) in [5.41, 5.74) is 0.262. The highest BCUT2D eigenvalue weighted by Gasteiger charge is 2.25. The molecule has 6 rings (SSSR count). The SMILES string of the molecule is COc1cc(C=Nn2c(-c3cc4cc(Cl)ccc4o3)nc3ccccc3c2=O)cc([N+](=O)[O-])c1OCC(=O)N1CCOCC1. The van der Waals surface area contributed by atoms with Gasteiger partial charge in [-0.15, -0.1) is 0 Å². The standard InChI is InChI=1S/C30H24ClN5O8/c1-41-25-13-18(12-23(36(39)40)28(25)43-17-27(37)34-8-10-42-11-9-34)16-32-35-29(33-22-5-3-2-4-21(22)30(35)38)26-15-19-14-20(31)6-7-24(19)44-26/h2-7,12-16H,8-11,17H2,1H3. The minimum absolute atomic E-state index is 0.00815. The van der Waals surface area contributed by atoms with Crippen LogP contribution in [0.3, 0.4) is 0 Å². The van der Waals surface area contributed by atoms with Crippen molar-refractivity contribution in [3.63, 3.8) is 0 Å². The van der Waals surface area contributed by atoms with E-state index in [1.54, 1.807) is 53.4 Å². The van der Waals surface area contributed by atoms with Gasteiger partial charge in [-0.25, -0.2) is 4.98 Å². The quantitative estimate of drug-likeness (QED) is 0.139. The first-order valence-electron chi connectivity index (χ1n) is 13.4. The lowest BCUT2D eigenvalue weighted by Crippen LogP contribution is -2.43. The molecule has 0 unspecified atom stereocenters. The van der Waals surface area contributed by atoms with Crippen molar-refractivity contribution in [3.8, 4) is 23.1 Å². The molecule has 0 bridgehead atoms. The number of rotatable bonds is 8. The van der Waals surface area contributed by atoms with Crippen LogP contribution in [-0.4, -0.2) is 71.6 Å². The van der Waals surface area contributed by atoms with E-state index in [-0.39, 0.29) is 34.6 Å². The van der Waals surface area contributed by atoms with Gasteiger partial charge in [0.25, 0.3) is 11.5 Å². The molecule has 1 aliphatic heterocycles. The monoisotopic (exact) mass is 617 g/mol. The van der Waals surface area contributed by atoms with Crippen LogP contribution in [0, 0.1) is 10.1 Å². The molecule has 2 aromatic heterocycles. The van der Waals surface area contributed by atoms with E-state index in [0.717, 1.165) is 4.68 Å². The molecule has 0 saturated carbocycles. The third-order valence-electron chi connectivity index (χ3n) is 6.95. The number of para-hydroxylation sites is 1. The summed E-state index contributed by atoms with van der Waals surface area (Å²) in [4.78, 5) is 43.8. The number of amides is 1. The number of nitrogens with zero attached hydrogens (tertiary/aromatic N) is 5. The largest absolute Gasteiger partial charge is 0.493 e. The smallest absolute Gasteiger partial charge is 0.315 e. The van der Waals surface area contributed by atoms with Crippen molar-refractivity contribution in [1.29, 1.82) is 0 Å². The highest BCUT2D eigenvalue weighted by molar-refractivity contribution is 6.31. The summed E-state index contributed by atoms with van der Waals surface area (Å²) >= 11 is 6.14. The summed E-state index contributed by atoms with van der Waals surface area (Å²) in [6.45, 7) is 1.21. The Labute approximate surface area is 254 Å². The number of nitro groups is 1. The van der Waals surface area contributed by atoms with Crippen LogP contribution >= 0.6 is 11.6 Å². The minimum Gasteiger partial charge on any atom is -0.493 e. The summed E-state index contributed by atoms with van der Waals surface area (Å²) in [6.07, 6.45) is 1.26. The average Bonchev–Trinajstić information content (AvgIpc) is 3.46. The number of furan rings is 1. The van der Waals surface area contributed by atoms with E-state index < -0.39 is 22.8 Å². The fraction of sp³-hybridized carbons (Fsp3) is 0.200. The van der Waals surface area contributed by atoms with Crippen molar-refractivity contribution >= 4 is 51.3 Å². The number of aromatic nitrogens is 2. The number of nitro benzene ring substituents is 1. The number of morpholine rings is 1. The van der Waals surface area contributed by atoms with E-state index in [2.05, 4.69) is 10.1 Å². The zero-order valence-electron chi connectivity index (χ0n) is 23.3. The van der Waals surface area contributed by atoms with Gasteiger partial charge in [0.1, 0.15) is 5.58 Å². The topological polar surface area (TPSA) is 152 Å². The third kappa shape index (κ3) is 5.70. The van der Waals surface area contributed by atoms with Crippen molar-refractivity contribution < 1.29 is 28.3 Å². The Morgan fingerprint density at radius 1 is 1.16 bits per heavy atom. The van der Waals surface area contributed by atoms with Crippen molar-refractivity contribution in [3.05, 3.63) is 91.7 Å². The van der Waals surface area contributed by atoms with E-state index in [9.17, 15) is 19.7 Å². The number of benzene rings is 3. The van der Waals surface area contributed by atoms with Crippen LogP contribution in [0.2, 0.25) is 5.02 Å². The molecule has 1 amide bonds. The van der Waals surface area contributed by atoms with Crippen molar-refractivity contribution in [2.75, 3.05) is 40.0 Å². The molecule has 1 aliphatic rings. The van der Waals surface area contributed by atoms with E-state index >= 15 is 0 Å². The molecule has 3 heterocycles. The summed E-state index contributed by atoms with van der Waals surface area (Å²) in [7, 11) is 1.32. The Bertz CT molecular complexity index is 2000. The zero-order chi connectivity index (χ0) is 30.8. The van der Waals surface area contributed by atoms with Gasteiger partial charge in [0.15, 0.2) is 18.1 Å². The van der Waals surface area contributed by atoms with Crippen LogP contribution in [0.15, 0.2) is 75.0 Å². The highest BCUT2D eigenvalue weighted by atomic mass is 35.5. The van der Waals surface area contributed by atoms with Gasteiger partial charge in [0.05, 0.1) is 42.4 Å². The number of ether oxygens (including phenoxy) is 3. The lowest BCUT2D eigenvalue weighted by Gasteiger charge is -2.26. The molecular weight excluding hydrogens is 594 g/mol. The average molecular weight is 618 g/mol. The van der Waals surface area contributed by atoms with Gasteiger partial charge in [-0.3, -0.25) is 19.7 Å². The second-order valence-electron chi connectivity index (χ2n) is 9.72. The Balaban J connectivity index is 1.39. The molecule has 13 nitrogen and oxygen atoms in total. The van der Waals surface area contributed by atoms with Crippen LogP contribution in [0.4, 0.5) is 5.69 Å². The first-order valence-corrected chi connectivity index (χ1v) is 13.8. The van der Waals surface area contributed by atoms with E-state index in [1.807, 2.05) is 0 Å². The molecule has 1 fully saturated rings. The van der Waals surface area contributed by atoms with Gasteiger partial charge in [-0.05, 0) is 42.5 Å². The van der Waals surface area contributed by atoms with Crippen LogP contribution in [0.5, 0.6) is 11.5 Å². The van der Waals surface area contributed by atoms with Gasteiger partial charge < -0.3 is 23.5 Å². The molecule has 0 spiro atoms. The van der Waals surface area contributed by atoms with Gasteiger partial charge in [-0.1, -0.05) is 23.7 Å². The van der Waals surface area contributed by atoms with Crippen LogP contribution < -0.4 is 15.0 Å². The van der Waals surface area contributed by atoms with Crippen LogP contribution in [-0.2, 0) is 9.53 Å². The fourth-order valence-corrected chi connectivity index (χ4v) is 4.97. The maximum Gasteiger partial charge on any atom is 0.315 e. The van der Waals surface area contributed by atoms with Gasteiger partial charge in [0.2, 0.25) is 11.6 Å². The summed E-state index contributed by atoms with van der Waals surface area (Å²) in [5.74, 6) is -0.157. The first kappa shape index (κ1) is 28.8. The third-order valence-corrected chi connectivity index (χ3v) is 7.19. The summed E-state index contributed by atoms with van der Waals surface area (Å²) in [5, 5.41) is 17.9. The number of carbonyl (C=O) groups excluding carboxylic acids is 1. The molecule has 224 valence electrons. The molecule has 44 heavy (non-hydrogen) atoms. The Morgan fingerprint density at radius 3 is 2.73 bits per heavy atom. The normalized spacial score (nSPS) is 13.5. The van der Waals surface area contributed by atoms with Crippen LogP contribution in [0.1, 0.15) is 5.56 Å². The van der Waals surface area contributed by atoms with Crippen LogP contribution in [0.25, 0.3) is 33.5 Å². The second kappa shape index (κ2) is 12.1. The highest BCUT2D eigenvalue weighted by Crippen LogP contribution is 2.38. The molecule has 0 radical (unpaired) electrons.